The van der Waals surface area contributed by atoms with Crippen LogP contribution < -0.4 is 10.8 Å². The van der Waals surface area contributed by atoms with E-state index in [-0.39, 0.29) is 0 Å². The number of rotatable bonds is 3. The molecule has 0 atom stereocenters. The Morgan fingerprint density at radius 1 is 0.917 bits per heavy atom. The molecule has 24 heavy (non-hydrogen) atoms. The van der Waals surface area contributed by atoms with E-state index in [0.29, 0.717) is 12.5 Å². The Labute approximate surface area is 141 Å². The van der Waals surface area contributed by atoms with Crippen LogP contribution in [-0.2, 0) is 6.54 Å². The minimum atomic E-state index is 0.579. The van der Waals surface area contributed by atoms with Gasteiger partial charge in [0.2, 0.25) is 5.96 Å². The second-order valence-corrected chi connectivity index (χ2v) is 5.42. The molecule has 0 bridgehead atoms. The lowest BCUT2D eigenvalue weighted by Gasteiger charge is -2.06. The Balaban J connectivity index is 1.91. The number of para-hydroxylation sites is 1. The Morgan fingerprint density at radius 2 is 1.62 bits per heavy atom. The molecule has 0 fully saturated rings. The number of aromatic nitrogens is 1. The summed E-state index contributed by atoms with van der Waals surface area (Å²) < 4.78 is 0. The van der Waals surface area contributed by atoms with Gasteiger partial charge in [0.25, 0.3) is 0 Å². The first-order valence-corrected chi connectivity index (χ1v) is 7.92. The number of nitrogens with zero attached hydrogens (tertiary/aromatic N) is 2. The predicted octanol–water partition coefficient (Wildman–Crippen LogP) is 3.70. The van der Waals surface area contributed by atoms with Crippen LogP contribution in [0.3, 0.4) is 0 Å². The van der Waals surface area contributed by atoms with Gasteiger partial charge in [0.1, 0.15) is 5.49 Å². The zero-order valence-electron chi connectivity index (χ0n) is 13.6. The summed E-state index contributed by atoms with van der Waals surface area (Å²) in [4.78, 5) is 12.4. The van der Waals surface area contributed by atoms with Gasteiger partial charge in [-0.3, -0.25) is 0 Å². The van der Waals surface area contributed by atoms with Crippen LogP contribution in [0.15, 0.2) is 89.0 Å². The molecule has 0 aliphatic rings. The first kappa shape index (κ1) is 15.7. The molecule has 3 rings (SSSR count). The van der Waals surface area contributed by atoms with Crippen LogP contribution in [0.25, 0.3) is 0 Å². The van der Waals surface area contributed by atoms with Crippen LogP contribution in [0, 0.1) is 6.92 Å². The molecule has 4 heteroatoms. The van der Waals surface area contributed by atoms with Crippen molar-refractivity contribution in [2.75, 3.05) is 0 Å². The van der Waals surface area contributed by atoms with Crippen LogP contribution in [0.4, 0.5) is 5.69 Å². The molecule has 0 unspecified atom stereocenters. The maximum Gasteiger partial charge on any atom is 0.225 e. The van der Waals surface area contributed by atoms with Crippen LogP contribution >= 0.6 is 0 Å². The van der Waals surface area contributed by atoms with E-state index in [1.54, 1.807) is 0 Å². The van der Waals surface area contributed by atoms with Gasteiger partial charge in [0.05, 0.1) is 5.69 Å². The topological polar surface area (TPSA) is 52.5 Å². The highest BCUT2D eigenvalue weighted by Crippen LogP contribution is 2.10. The number of aryl methyl sites for hydroxylation is 1. The number of hydrogen-bond donors (Lipinski definition) is 2. The van der Waals surface area contributed by atoms with Gasteiger partial charge in [-0.15, -0.1) is 0 Å². The number of pyridine rings is 1. The fraction of sp³-hybridized carbons (Fsp3) is 0.100. The molecule has 0 spiro atoms. The van der Waals surface area contributed by atoms with Gasteiger partial charge in [0.15, 0.2) is 0 Å². The van der Waals surface area contributed by atoms with Crippen LogP contribution in [-0.4, -0.2) is 10.9 Å². The van der Waals surface area contributed by atoms with Gasteiger partial charge < -0.3 is 10.3 Å². The number of aromatic amines is 1. The lowest BCUT2D eigenvalue weighted by molar-refractivity contribution is 0.895. The number of nitrogens with one attached hydrogen (secondary N) is 2. The maximum absolute atomic E-state index is 4.65. The molecular weight excluding hydrogens is 296 g/mol. The Morgan fingerprint density at radius 3 is 2.33 bits per heavy atom. The van der Waals surface area contributed by atoms with E-state index in [0.717, 1.165) is 16.7 Å². The van der Waals surface area contributed by atoms with Crippen molar-refractivity contribution in [3.8, 4) is 0 Å². The third-order valence-electron chi connectivity index (χ3n) is 3.54. The fourth-order valence-corrected chi connectivity index (χ4v) is 2.24. The second-order valence-electron chi connectivity index (χ2n) is 5.42. The van der Waals surface area contributed by atoms with Crippen LogP contribution in [0.1, 0.15) is 11.1 Å². The normalized spacial score (nSPS) is 12.2. The molecule has 4 nitrogen and oxygen atoms in total. The molecule has 0 saturated carbocycles. The standard InChI is InChI=1S/C20H20N4/c1-16-9-8-14-21-19(16)24-20(23-18-12-6-3-7-13-18)22-15-17-10-4-2-5-11-17/h2-14H,15H2,1H3,(H2,21,22,23,24). The monoisotopic (exact) mass is 316 g/mol. The van der Waals surface area contributed by atoms with Crippen LogP contribution in [0.2, 0.25) is 0 Å². The average molecular weight is 316 g/mol. The summed E-state index contributed by atoms with van der Waals surface area (Å²) >= 11 is 0. The minimum absolute atomic E-state index is 0.579. The zero-order valence-corrected chi connectivity index (χ0v) is 13.6. The molecule has 1 aromatic heterocycles. The number of aliphatic imine (C=N–C) groups is 1. The number of hydrogen-bond acceptors (Lipinski definition) is 1. The van der Waals surface area contributed by atoms with Gasteiger partial charge in [-0.05, 0) is 36.2 Å². The van der Waals surface area contributed by atoms with Crippen LogP contribution in [0.5, 0.6) is 0 Å². The molecule has 0 radical (unpaired) electrons. The van der Waals surface area contributed by atoms with Gasteiger partial charge in [0, 0.05) is 12.7 Å². The van der Waals surface area contributed by atoms with Crippen molar-refractivity contribution in [3.63, 3.8) is 0 Å². The highest BCUT2D eigenvalue weighted by atomic mass is 15.1. The van der Waals surface area contributed by atoms with Gasteiger partial charge >= 0.3 is 0 Å². The van der Waals surface area contributed by atoms with E-state index in [9.17, 15) is 0 Å². The molecular formula is C20H20N4. The fourth-order valence-electron chi connectivity index (χ4n) is 2.24. The number of H-pyrrole nitrogens is 1. The van der Waals surface area contributed by atoms with Gasteiger partial charge in [-0.25, -0.2) is 4.99 Å². The third kappa shape index (κ3) is 4.43. The minimum Gasteiger partial charge on any atom is -0.350 e. The Kier molecular flexibility index (Phi) is 5.20. The summed E-state index contributed by atoms with van der Waals surface area (Å²) in [7, 11) is 0. The van der Waals surface area contributed by atoms with Gasteiger partial charge in [-0.2, -0.15) is 4.99 Å². The van der Waals surface area contributed by atoms with Crippen molar-refractivity contribution in [2.24, 2.45) is 9.98 Å². The van der Waals surface area contributed by atoms with Gasteiger partial charge in [-0.1, -0.05) is 54.6 Å². The van der Waals surface area contributed by atoms with Crippen molar-refractivity contribution < 1.29 is 0 Å². The highest BCUT2D eigenvalue weighted by Gasteiger charge is 2.00. The second kappa shape index (κ2) is 7.92. The summed E-state index contributed by atoms with van der Waals surface area (Å²) in [5.74, 6) is 0.579. The van der Waals surface area contributed by atoms with E-state index in [2.05, 4.69) is 32.4 Å². The smallest absolute Gasteiger partial charge is 0.225 e. The summed E-state index contributed by atoms with van der Waals surface area (Å²) in [5, 5.41) is 3.32. The summed E-state index contributed by atoms with van der Waals surface area (Å²) in [6.45, 7) is 2.69. The van der Waals surface area contributed by atoms with Crippen molar-refractivity contribution in [1.82, 2.24) is 10.3 Å². The number of benzene rings is 2. The van der Waals surface area contributed by atoms with E-state index in [1.165, 1.54) is 5.56 Å². The molecule has 3 aromatic rings. The summed E-state index contributed by atoms with van der Waals surface area (Å²) in [5.41, 5.74) is 3.92. The molecule has 2 aromatic carbocycles. The number of guanidine groups is 1. The van der Waals surface area contributed by atoms with Crippen molar-refractivity contribution in [2.45, 2.75) is 13.5 Å². The molecule has 1 heterocycles. The van der Waals surface area contributed by atoms with E-state index in [1.807, 2.05) is 73.8 Å². The van der Waals surface area contributed by atoms with Crippen molar-refractivity contribution in [3.05, 3.63) is 95.6 Å². The van der Waals surface area contributed by atoms with E-state index in [4.69, 9.17) is 0 Å². The first-order chi connectivity index (χ1) is 11.8. The molecule has 0 saturated heterocycles. The average Bonchev–Trinajstić information content (AvgIpc) is 2.63. The van der Waals surface area contributed by atoms with E-state index >= 15 is 0 Å². The highest BCUT2D eigenvalue weighted by molar-refractivity contribution is 5.83. The lowest BCUT2D eigenvalue weighted by Crippen LogP contribution is -2.25. The summed E-state index contributed by atoms with van der Waals surface area (Å²) in [6, 6.07) is 24.0. The molecule has 0 aliphatic carbocycles. The van der Waals surface area contributed by atoms with Crippen molar-refractivity contribution >= 4 is 11.6 Å². The van der Waals surface area contributed by atoms with Crippen molar-refractivity contribution in [1.29, 1.82) is 0 Å². The zero-order chi connectivity index (χ0) is 16.6. The summed E-state index contributed by atoms with van der Waals surface area (Å²) in [6.07, 6.45) is 1.86. The lowest BCUT2D eigenvalue weighted by atomic mass is 10.2. The quantitative estimate of drug-likeness (QED) is 0.562. The first-order valence-electron chi connectivity index (χ1n) is 7.92. The Bertz CT molecular complexity index is 865. The Hall–Kier alpha value is -3.14. The predicted molar refractivity (Wildman–Crippen MR) is 97.9 cm³/mol. The maximum atomic E-state index is 4.65. The molecule has 0 aliphatic heterocycles. The SMILES string of the molecule is Cc1ccc[nH]c1=NC(=Nc1ccccc1)NCc1ccccc1. The molecule has 0 amide bonds. The molecule has 2 N–H and O–H groups in total. The third-order valence-corrected chi connectivity index (χ3v) is 3.54. The largest absolute Gasteiger partial charge is 0.350 e. The molecule has 120 valence electrons. The van der Waals surface area contributed by atoms with E-state index < -0.39 is 0 Å².